The highest BCUT2D eigenvalue weighted by molar-refractivity contribution is 5.99. The van der Waals surface area contributed by atoms with Crippen LogP contribution in [0.4, 0.5) is 18.9 Å². The Morgan fingerprint density at radius 2 is 1.69 bits per heavy atom. The van der Waals surface area contributed by atoms with Crippen molar-refractivity contribution in [3.05, 3.63) is 125 Å². The predicted octanol–water partition coefficient (Wildman–Crippen LogP) is 6.55. The van der Waals surface area contributed by atoms with E-state index in [1.54, 1.807) is 18.5 Å². The Kier molecular flexibility index (Phi) is 9.67. The summed E-state index contributed by atoms with van der Waals surface area (Å²) in [5, 5.41) is 4.66. The van der Waals surface area contributed by atoms with E-state index in [0.29, 0.717) is 50.2 Å². The molecule has 0 aliphatic heterocycles. The molecule has 0 atom stereocenters. The zero-order valence-electron chi connectivity index (χ0n) is 26.1. The molecule has 0 radical (unpaired) electrons. The molecule has 0 bridgehead atoms. The number of para-hydroxylation sites is 1. The molecule has 0 spiro atoms. The number of fused-ring (bicyclic) bond motifs is 3. The third kappa shape index (κ3) is 7.31. The van der Waals surface area contributed by atoms with E-state index in [4.69, 9.17) is 5.73 Å². The number of hydrogen-bond donors (Lipinski definition) is 1. The van der Waals surface area contributed by atoms with Gasteiger partial charge in [-0.15, -0.1) is 0 Å². The van der Waals surface area contributed by atoms with Crippen molar-refractivity contribution in [3.8, 4) is 22.4 Å². The molecule has 246 valence electrons. The maximum atomic E-state index is 13.1. The minimum atomic E-state index is -5.30. The van der Waals surface area contributed by atoms with Crippen LogP contribution in [0.5, 0.6) is 0 Å². The van der Waals surface area contributed by atoms with Crippen molar-refractivity contribution in [2.75, 3.05) is 18.0 Å². The van der Waals surface area contributed by atoms with Gasteiger partial charge in [0, 0.05) is 55.4 Å². The molecule has 2 heterocycles. The van der Waals surface area contributed by atoms with Gasteiger partial charge in [-0.2, -0.15) is 18.3 Å². The smallest absolute Gasteiger partial charge is 0.381 e. The maximum absolute atomic E-state index is 13.1. The lowest BCUT2D eigenvalue weighted by atomic mass is 9.90. The third-order valence-electron chi connectivity index (χ3n) is 8.50. The molecule has 5 aromatic rings. The van der Waals surface area contributed by atoms with Crippen LogP contribution in [0, 0.1) is 0 Å². The summed E-state index contributed by atoms with van der Waals surface area (Å²) in [5.74, 6) is -3.91. The van der Waals surface area contributed by atoms with Gasteiger partial charge in [0.15, 0.2) is 5.69 Å². The van der Waals surface area contributed by atoms with Gasteiger partial charge in [-0.3, -0.25) is 9.67 Å². The first-order chi connectivity index (χ1) is 23.2. The SMILES string of the molecule is NCc1cccc(-c2ccc(CCN(CCCn3nc4c(c3C(=O)OC(=O)C(F)(F)F)CCc3cnccc3-4)c3ccccc3)cc2)c1. The molecule has 0 saturated heterocycles. The average Bonchev–Trinajstić information content (AvgIpc) is 3.49. The number of esters is 2. The Hall–Kier alpha value is -5.29. The molecule has 2 aromatic heterocycles. The van der Waals surface area contributed by atoms with Gasteiger partial charge in [0.1, 0.15) is 0 Å². The summed E-state index contributed by atoms with van der Waals surface area (Å²) >= 11 is 0. The summed E-state index contributed by atoms with van der Waals surface area (Å²) in [5.41, 5.74) is 13.8. The fourth-order valence-electron chi connectivity index (χ4n) is 6.08. The molecule has 0 unspecified atom stereocenters. The lowest BCUT2D eigenvalue weighted by Crippen LogP contribution is -2.30. The number of nitrogens with two attached hydrogens (primary N) is 1. The quantitative estimate of drug-likeness (QED) is 0.127. The summed E-state index contributed by atoms with van der Waals surface area (Å²) in [6.07, 6.45) is 0.184. The molecule has 11 heteroatoms. The number of ether oxygens (including phenoxy) is 1. The monoisotopic (exact) mass is 653 g/mol. The molecular weight excluding hydrogens is 619 g/mol. The summed E-state index contributed by atoms with van der Waals surface area (Å²) in [4.78, 5) is 31.0. The Balaban J connectivity index is 1.19. The van der Waals surface area contributed by atoms with Crippen molar-refractivity contribution in [1.29, 1.82) is 0 Å². The number of aromatic nitrogens is 3. The normalized spacial score (nSPS) is 12.2. The van der Waals surface area contributed by atoms with Crippen LogP contribution in [0.1, 0.15) is 39.2 Å². The van der Waals surface area contributed by atoms with E-state index in [1.807, 2.05) is 42.5 Å². The maximum Gasteiger partial charge on any atom is 0.491 e. The number of aryl methyl sites for hydroxylation is 2. The van der Waals surface area contributed by atoms with Crippen molar-refractivity contribution in [2.45, 2.75) is 44.9 Å². The van der Waals surface area contributed by atoms with Crippen molar-refractivity contribution in [2.24, 2.45) is 5.73 Å². The number of benzene rings is 3. The van der Waals surface area contributed by atoms with Crippen LogP contribution in [0.2, 0.25) is 0 Å². The second-order valence-electron chi connectivity index (χ2n) is 11.6. The Labute approximate surface area is 276 Å². The lowest BCUT2D eigenvalue weighted by molar-refractivity contribution is -0.193. The molecule has 3 aromatic carbocycles. The number of hydrogen-bond acceptors (Lipinski definition) is 7. The summed E-state index contributed by atoms with van der Waals surface area (Å²) in [7, 11) is 0. The Bertz CT molecular complexity index is 1910. The molecular formula is C37H34F3N5O3. The fourth-order valence-corrected chi connectivity index (χ4v) is 6.08. The lowest BCUT2D eigenvalue weighted by Gasteiger charge is -2.25. The van der Waals surface area contributed by atoms with Gasteiger partial charge < -0.3 is 15.4 Å². The van der Waals surface area contributed by atoms with E-state index in [-0.39, 0.29) is 12.2 Å². The van der Waals surface area contributed by atoms with Crippen molar-refractivity contribution in [3.63, 3.8) is 0 Å². The molecule has 1 aliphatic rings. The number of pyridine rings is 1. The summed E-state index contributed by atoms with van der Waals surface area (Å²) in [6, 6.07) is 28.3. The zero-order valence-corrected chi connectivity index (χ0v) is 26.1. The van der Waals surface area contributed by atoms with E-state index in [2.05, 4.69) is 56.1 Å². The highest BCUT2D eigenvalue weighted by Gasteiger charge is 2.43. The first-order valence-corrected chi connectivity index (χ1v) is 15.8. The number of carbonyl (C=O) groups is 2. The van der Waals surface area contributed by atoms with Gasteiger partial charge in [0.05, 0.1) is 5.69 Å². The van der Waals surface area contributed by atoms with Gasteiger partial charge in [0.25, 0.3) is 0 Å². The second kappa shape index (κ2) is 14.2. The van der Waals surface area contributed by atoms with Crippen molar-refractivity contribution < 1.29 is 27.5 Å². The van der Waals surface area contributed by atoms with Crippen LogP contribution in [0.15, 0.2) is 97.3 Å². The second-order valence-corrected chi connectivity index (χ2v) is 11.6. The molecule has 0 amide bonds. The third-order valence-corrected chi connectivity index (χ3v) is 8.50. The molecule has 2 N–H and O–H groups in total. The van der Waals surface area contributed by atoms with Gasteiger partial charge in [0.2, 0.25) is 0 Å². The molecule has 6 rings (SSSR count). The van der Waals surface area contributed by atoms with Gasteiger partial charge in [-0.05, 0) is 77.8 Å². The minimum absolute atomic E-state index is 0.131. The number of anilines is 1. The van der Waals surface area contributed by atoms with E-state index in [0.717, 1.165) is 39.9 Å². The largest absolute Gasteiger partial charge is 0.491 e. The molecule has 48 heavy (non-hydrogen) atoms. The van der Waals surface area contributed by atoms with Gasteiger partial charge in [-0.25, -0.2) is 9.59 Å². The van der Waals surface area contributed by atoms with Gasteiger partial charge in [-0.1, -0.05) is 60.7 Å². The summed E-state index contributed by atoms with van der Waals surface area (Å²) < 4.78 is 44.7. The van der Waals surface area contributed by atoms with Gasteiger partial charge >= 0.3 is 18.1 Å². The first kappa shape index (κ1) is 32.6. The average molecular weight is 654 g/mol. The molecule has 8 nitrogen and oxygen atoms in total. The van der Waals surface area contributed by atoms with E-state index < -0.39 is 18.1 Å². The van der Waals surface area contributed by atoms with E-state index in [9.17, 15) is 22.8 Å². The van der Waals surface area contributed by atoms with E-state index >= 15 is 0 Å². The van der Waals surface area contributed by atoms with Crippen LogP contribution < -0.4 is 10.6 Å². The van der Waals surface area contributed by atoms with Crippen LogP contribution in [0.3, 0.4) is 0 Å². The number of rotatable bonds is 11. The summed E-state index contributed by atoms with van der Waals surface area (Å²) in [6.45, 7) is 1.99. The highest BCUT2D eigenvalue weighted by Crippen LogP contribution is 2.35. The van der Waals surface area contributed by atoms with Crippen LogP contribution >= 0.6 is 0 Å². The highest BCUT2D eigenvalue weighted by atomic mass is 19.4. The number of halogens is 3. The standard InChI is InChI=1S/C37H34F3N5O3/c38-37(39,40)36(47)48-35(46)34-32-15-14-29-24-42-18-16-31(29)33(32)43-45(34)20-5-19-44(30-8-2-1-3-9-30)21-17-25-10-12-27(13-11-25)28-7-4-6-26(22-28)23-41/h1-4,6-13,16,18,22,24H,5,14-15,17,19-21,23,41H2. The fraction of sp³-hybridized carbons (Fsp3) is 0.243. The zero-order chi connectivity index (χ0) is 33.7. The Morgan fingerprint density at radius 3 is 2.44 bits per heavy atom. The Morgan fingerprint density at radius 1 is 0.896 bits per heavy atom. The molecule has 1 aliphatic carbocycles. The van der Waals surface area contributed by atoms with Crippen LogP contribution in [-0.2, 0) is 41.9 Å². The molecule has 0 saturated carbocycles. The first-order valence-electron chi connectivity index (χ1n) is 15.8. The van der Waals surface area contributed by atoms with E-state index in [1.165, 1.54) is 10.2 Å². The minimum Gasteiger partial charge on any atom is -0.381 e. The number of carbonyl (C=O) groups excluding carboxylic acids is 2. The molecule has 0 fully saturated rings. The predicted molar refractivity (Wildman–Crippen MR) is 176 cm³/mol. The van der Waals surface area contributed by atoms with Crippen LogP contribution in [-0.4, -0.2) is 46.0 Å². The van der Waals surface area contributed by atoms with Crippen LogP contribution in [0.25, 0.3) is 22.4 Å². The van der Waals surface area contributed by atoms with Crippen molar-refractivity contribution in [1.82, 2.24) is 14.8 Å². The number of alkyl halides is 3. The van der Waals surface area contributed by atoms with Crippen molar-refractivity contribution >= 4 is 17.6 Å². The number of nitrogens with zero attached hydrogens (tertiary/aromatic N) is 4. The topological polar surface area (TPSA) is 103 Å².